The molecule has 0 radical (unpaired) electrons. The Morgan fingerprint density at radius 2 is 2.18 bits per heavy atom. The second-order valence-electron chi connectivity index (χ2n) is 7.22. The predicted molar refractivity (Wildman–Crippen MR) is 88.9 cm³/mol. The smallest absolute Gasteiger partial charge is 0.0685 e. The van der Waals surface area contributed by atoms with Crippen LogP contribution in [-0.2, 0) is 11.3 Å². The van der Waals surface area contributed by atoms with Crippen LogP contribution in [0.1, 0.15) is 70.0 Å². The zero-order valence-corrected chi connectivity index (χ0v) is 14.3. The van der Waals surface area contributed by atoms with Crippen molar-refractivity contribution in [3.8, 4) is 0 Å². The molecular weight excluding hydrogens is 274 g/mol. The number of aromatic nitrogens is 2. The van der Waals surface area contributed by atoms with E-state index >= 15 is 0 Å². The van der Waals surface area contributed by atoms with E-state index in [-0.39, 0.29) is 5.60 Å². The highest BCUT2D eigenvalue weighted by molar-refractivity contribution is 5.03. The number of nitrogens with zero attached hydrogens (tertiary/aromatic N) is 3. The minimum absolute atomic E-state index is 0.224. The lowest BCUT2D eigenvalue weighted by atomic mass is 9.80. The first-order chi connectivity index (χ1) is 10.7. The Morgan fingerprint density at radius 3 is 2.86 bits per heavy atom. The van der Waals surface area contributed by atoms with E-state index in [0.29, 0.717) is 6.04 Å². The summed E-state index contributed by atoms with van der Waals surface area (Å²) in [5.74, 6) is 0. The lowest BCUT2D eigenvalue weighted by molar-refractivity contribution is -0.0344. The highest BCUT2D eigenvalue weighted by Gasteiger charge is 2.39. The van der Waals surface area contributed by atoms with Gasteiger partial charge in [0.1, 0.15) is 0 Å². The predicted octanol–water partition coefficient (Wildman–Crippen LogP) is 3.78. The molecule has 1 aliphatic carbocycles. The summed E-state index contributed by atoms with van der Waals surface area (Å²) in [6, 6.07) is 2.76. The average Bonchev–Trinajstić information content (AvgIpc) is 3.16. The summed E-state index contributed by atoms with van der Waals surface area (Å²) in [5, 5.41) is 4.64. The van der Waals surface area contributed by atoms with Gasteiger partial charge in [0.2, 0.25) is 0 Å². The van der Waals surface area contributed by atoms with Gasteiger partial charge in [0.25, 0.3) is 0 Å². The second kappa shape index (κ2) is 7.14. The van der Waals surface area contributed by atoms with E-state index in [4.69, 9.17) is 4.74 Å². The van der Waals surface area contributed by atoms with Crippen molar-refractivity contribution in [3.05, 3.63) is 18.0 Å². The third-order valence-corrected chi connectivity index (χ3v) is 5.47. The van der Waals surface area contributed by atoms with Gasteiger partial charge in [-0.05, 0) is 64.6 Å². The maximum atomic E-state index is 6.05. The molecule has 1 saturated heterocycles. The van der Waals surface area contributed by atoms with E-state index in [0.717, 1.165) is 13.2 Å². The summed E-state index contributed by atoms with van der Waals surface area (Å²) < 4.78 is 8.34. The molecule has 4 heteroatoms. The number of unbranched alkanes of at least 4 members (excludes halogenated alkanes) is 1. The average molecular weight is 305 g/mol. The second-order valence-corrected chi connectivity index (χ2v) is 7.22. The van der Waals surface area contributed by atoms with Crippen LogP contribution in [0.2, 0.25) is 0 Å². The molecule has 3 rings (SSSR count). The monoisotopic (exact) mass is 305 g/mol. The molecule has 2 heterocycles. The molecule has 0 amide bonds. The molecule has 1 aromatic rings. The largest absolute Gasteiger partial charge is 0.375 e. The molecule has 0 bridgehead atoms. The molecule has 1 aromatic heterocycles. The molecule has 0 N–H and O–H groups in total. The van der Waals surface area contributed by atoms with Crippen molar-refractivity contribution < 1.29 is 4.74 Å². The van der Waals surface area contributed by atoms with E-state index in [2.05, 4.69) is 34.7 Å². The van der Waals surface area contributed by atoms with E-state index in [1.807, 2.05) is 6.20 Å². The van der Waals surface area contributed by atoms with Gasteiger partial charge in [0, 0.05) is 19.3 Å². The first-order valence-corrected chi connectivity index (χ1v) is 9.07. The maximum absolute atomic E-state index is 6.05. The topological polar surface area (TPSA) is 30.3 Å². The normalized spacial score (nSPS) is 28.8. The van der Waals surface area contributed by atoms with Crippen molar-refractivity contribution in [2.24, 2.45) is 0 Å². The maximum Gasteiger partial charge on any atom is 0.0685 e. The van der Waals surface area contributed by atoms with Crippen LogP contribution >= 0.6 is 0 Å². The minimum Gasteiger partial charge on any atom is -0.375 e. The van der Waals surface area contributed by atoms with Crippen LogP contribution in [0.15, 0.2) is 12.3 Å². The van der Waals surface area contributed by atoms with Gasteiger partial charge in [-0.3, -0.25) is 4.68 Å². The Hall–Kier alpha value is -0.870. The molecule has 2 fully saturated rings. The van der Waals surface area contributed by atoms with E-state index < -0.39 is 0 Å². The van der Waals surface area contributed by atoms with Crippen LogP contribution in [0.4, 0.5) is 0 Å². The molecule has 0 aromatic carbocycles. The van der Waals surface area contributed by atoms with Gasteiger partial charge in [0.05, 0.1) is 17.3 Å². The van der Waals surface area contributed by atoms with Gasteiger partial charge in [-0.15, -0.1) is 0 Å². The zero-order valence-electron chi connectivity index (χ0n) is 14.3. The third kappa shape index (κ3) is 3.54. The highest BCUT2D eigenvalue weighted by Crippen LogP contribution is 2.43. The number of hydrogen-bond donors (Lipinski definition) is 0. The van der Waals surface area contributed by atoms with E-state index in [1.54, 1.807) is 0 Å². The molecular formula is C18H31N3O. The minimum atomic E-state index is 0.224. The van der Waals surface area contributed by atoms with Crippen molar-refractivity contribution in [1.29, 1.82) is 0 Å². The summed E-state index contributed by atoms with van der Waals surface area (Å²) >= 11 is 0. The van der Waals surface area contributed by atoms with Crippen molar-refractivity contribution >= 4 is 0 Å². The zero-order chi connectivity index (χ0) is 15.4. The molecule has 1 aliphatic heterocycles. The summed E-state index contributed by atoms with van der Waals surface area (Å²) in [5.41, 5.74) is 1.59. The standard InChI is InChI=1S/C18H31N3O/c1-3-4-13-20(2)15-17-8-12-19-21(17)16-6-10-18(11-7-16)9-5-14-22-18/h8,12,16H,3-7,9-11,13-15H2,1-2H3. The Labute approximate surface area is 134 Å². The molecule has 1 saturated carbocycles. The first kappa shape index (κ1) is 16.0. The lowest BCUT2D eigenvalue weighted by Crippen LogP contribution is -2.35. The molecule has 0 atom stereocenters. The highest BCUT2D eigenvalue weighted by atomic mass is 16.5. The number of rotatable bonds is 6. The lowest BCUT2D eigenvalue weighted by Gasteiger charge is -2.37. The van der Waals surface area contributed by atoms with Crippen LogP contribution in [-0.4, -0.2) is 40.5 Å². The van der Waals surface area contributed by atoms with Crippen LogP contribution in [0, 0.1) is 0 Å². The third-order valence-electron chi connectivity index (χ3n) is 5.47. The van der Waals surface area contributed by atoms with Gasteiger partial charge in [-0.25, -0.2) is 0 Å². The van der Waals surface area contributed by atoms with Crippen LogP contribution in [0.25, 0.3) is 0 Å². The Kier molecular flexibility index (Phi) is 5.19. The van der Waals surface area contributed by atoms with Crippen LogP contribution < -0.4 is 0 Å². The molecule has 4 nitrogen and oxygen atoms in total. The van der Waals surface area contributed by atoms with Gasteiger partial charge in [-0.2, -0.15) is 5.10 Å². The molecule has 2 aliphatic rings. The fourth-order valence-corrected chi connectivity index (χ4v) is 4.10. The fourth-order valence-electron chi connectivity index (χ4n) is 4.10. The number of ether oxygens (including phenoxy) is 1. The molecule has 124 valence electrons. The fraction of sp³-hybridized carbons (Fsp3) is 0.833. The number of hydrogen-bond acceptors (Lipinski definition) is 3. The SMILES string of the molecule is CCCCN(C)Cc1ccnn1C1CCC2(CCCO2)CC1. The molecule has 22 heavy (non-hydrogen) atoms. The van der Waals surface area contributed by atoms with Crippen molar-refractivity contribution in [1.82, 2.24) is 14.7 Å². The van der Waals surface area contributed by atoms with Crippen molar-refractivity contribution in [2.75, 3.05) is 20.2 Å². The van der Waals surface area contributed by atoms with Gasteiger partial charge < -0.3 is 9.64 Å². The summed E-state index contributed by atoms with van der Waals surface area (Å²) in [7, 11) is 2.22. The van der Waals surface area contributed by atoms with E-state index in [1.165, 1.54) is 63.6 Å². The first-order valence-electron chi connectivity index (χ1n) is 9.07. The molecule has 0 unspecified atom stereocenters. The van der Waals surface area contributed by atoms with Crippen molar-refractivity contribution in [3.63, 3.8) is 0 Å². The Morgan fingerprint density at radius 1 is 1.36 bits per heavy atom. The summed E-state index contributed by atoms with van der Waals surface area (Å²) in [6.07, 6.45) is 11.9. The molecule has 1 spiro atoms. The van der Waals surface area contributed by atoms with E-state index in [9.17, 15) is 0 Å². The summed E-state index contributed by atoms with van der Waals surface area (Å²) in [6.45, 7) is 5.41. The van der Waals surface area contributed by atoms with Gasteiger partial charge in [-0.1, -0.05) is 13.3 Å². The Bertz CT molecular complexity index is 455. The van der Waals surface area contributed by atoms with Crippen LogP contribution in [0.3, 0.4) is 0 Å². The van der Waals surface area contributed by atoms with Gasteiger partial charge in [0.15, 0.2) is 0 Å². The summed E-state index contributed by atoms with van der Waals surface area (Å²) in [4.78, 5) is 2.42. The van der Waals surface area contributed by atoms with Crippen LogP contribution in [0.5, 0.6) is 0 Å². The van der Waals surface area contributed by atoms with Crippen molar-refractivity contribution in [2.45, 2.75) is 76.5 Å². The quantitative estimate of drug-likeness (QED) is 0.801. The Balaban J connectivity index is 1.58. The van der Waals surface area contributed by atoms with Gasteiger partial charge >= 0.3 is 0 Å².